The number of hydrogen-bond donors (Lipinski definition) is 5. The van der Waals surface area contributed by atoms with Crippen molar-refractivity contribution in [3.63, 3.8) is 0 Å². The van der Waals surface area contributed by atoms with Crippen LogP contribution < -0.4 is 4.72 Å². The molecule has 180 valence electrons. The Morgan fingerprint density at radius 1 is 0.941 bits per heavy atom. The number of aromatic nitrogens is 1. The van der Waals surface area contributed by atoms with Crippen LogP contribution in [0.25, 0.3) is 22.4 Å². The Morgan fingerprint density at radius 3 is 2.21 bits per heavy atom. The van der Waals surface area contributed by atoms with Crippen molar-refractivity contribution in [2.24, 2.45) is 0 Å². The van der Waals surface area contributed by atoms with Crippen LogP contribution in [0.4, 0.5) is 0 Å². The van der Waals surface area contributed by atoms with E-state index in [2.05, 4.69) is 5.16 Å². The lowest BCUT2D eigenvalue weighted by atomic mass is 9.98. The minimum Gasteiger partial charge on any atom is -0.479 e. The summed E-state index contributed by atoms with van der Waals surface area (Å²) in [7, 11) is -4.30. The molecular weight excluding hydrogens is 468 g/mol. The van der Waals surface area contributed by atoms with Gasteiger partial charge < -0.3 is 29.7 Å². The highest BCUT2D eigenvalue weighted by molar-refractivity contribution is 7.89. The molecule has 1 saturated heterocycles. The van der Waals surface area contributed by atoms with Crippen molar-refractivity contribution in [1.82, 2.24) is 9.88 Å². The third-order valence-corrected chi connectivity index (χ3v) is 6.93. The third-order valence-electron chi connectivity index (χ3n) is 5.49. The molecule has 1 aliphatic heterocycles. The minimum absolute atomic E-state index is 0.199. The Balaban J connectivity index is 1.59. The second-order valence-electron chi connectivity index (χ2n) is 7.76. The molecule has 12 heteroatoms. The van der Waals surface area contributed by atoms with E-state index in [0.717, 1.165) is 5.56 Å². The van der Waals surface area contributed by atoms with E-state index < -0.39 is 46.6 Å². The number of nitrogens with one attached hydrogen (secondary N) is 1. The van der Waals surface area contributed by atoms with Crippen LogP contribution in [-0.2, 0) is 19.6 Å². The Morgan fingerprint density at radius 2 is 1.59 bits per heavy atom. The molecule has 0 amide bonds. The van der Waals surface area contributed by atoms with Gasteiger partial charge in [-0.3, -0.25) is 0 Å². The second-order valence-corrected chi connectivity index (χ2v) is 9.48. The molecule has 5 atom stereocenters. The molecule has 1 aromatic heterocycles. The zero-order valence-corrected chi connectivity index (χ0v) is 18.6. The summed E-state index contributed by atoms with van der Waals surface area (Å²) in [4.78, 5) is 11.0. The van der Waals surface area contributed by atoms with Crippen LogP contribution in [0.5, 0.6) is 0 Å². The number of ether oxygens (including phenoxy) is 1. The normalized spacial score (nSPS) is 25.2. The van der Waals surface area contributed by atoms with E-state index in [9.17, 15) is 28.5 Å². The van der Waals surface area contributed by atoms with E-state index in [0.29, 0.717) is 22.6 Å². The van der Waals surface area contributed by atoms with Crippen LogP contribution in [0.15, 0.2) is 64.0 Å². The van der Waals surface area contributed by atoms with Gasteiger partial charge in [0.1, 0.15) is 29.8 Å². The summed E-state index contributed by atoms with van der Waals surface area (Å²) < 4.78 is 38.1. The highest BCUT2D eigenvalue weighted by Crippen LogP contribution is 2.34. The first kappa shape index (κ1) is 24.0. The second kappa shape index (κ2) is 9.25. The van der Waals surface area contributed by atoms with Crippen LogP contribution in [0.1, 0.15) is 5.76 Å². The highest BCUT2D eigenvalue weighted by atomic mass is 32.2. The van der Waals surface area contributed by atoms with Crippen LogP contribution in [0.3, 0.4) is 0 Å². The average Bonchev–Trinajstić information content (AvgIpc) is 3.21. The minimum atomic E-state index is -4.30. The molecule has 4 rings (SSSR count). The van der Waals surface area contributed by atoms with E-state index in [1.54, 1.807) is 19.1 Å². The SMILES string of the molecule is Cc1onc(-c2ccccc2)c1-c1ccc(S(=O)(=O)N[C@@H]2O[C@H](C(=O)O)[C@@H](O)[C@H](O)[C@H]2O)cc1. The van der Waals surface area contributed by atoms with Gasteiger partial charge in [0.15, 0.2) is 12.3 Å². The maximum Gasteiger partial charge on any atom is 0.335 e. The van der Waals surface area contributed by atoms with Crippen LogP contribution >= 0.6 is 0 Å². The Hall–Kier alpha value is -3.13. The topological polar surface area (TPSA) is 179 Å². The van der Waals surface area contributed by atoms with Gasteiger partial charge in [-0.2, -0.15) is 4.72 Å². The number of rotatable bonds is 6. The molecule has 0 radical (unpaired) electrons. The lowest BCUT2D eigenvalue weighted by Gasteiger charge is -2.38. The molecule has 0 aliphatic carbocycles. The molecule has 3 aromatic rings. The summed E-state index contributed by atoms with van der Waals surface area (Å²) in [5.41, 5.74) is 2.76. The molecule has 0 unspecified atom stereocenters. The van der Waals surface area contributed by atoms with Gasteiger partial charge in [-0.1, -0.05) is 47.6 Å². The first-order valence-corrected chi connectivity index (χ1v) is 11.7. The molecular formula is C22H22N2O9S. The molecule has 11 nitrogen and oxygen atoms in total. The maximum absolute atomic E-state index is 12.8. The van der Waals surface area contributed by atoms with Gasteiger partial charge in [0.05, 0.1) is 10.5 Å². The monoisotopic (exact) mass is 490 g/mol. The van der Waals surface area contributed by atoms with Crippen LogP contribution in [-0.4, -0.2) is 70.6 Å². The fourth-order valence-electron chi connectivity index (χ4n) is 3.71. The number of carboxylic acid groups (broad SMARTS) is 1. The van der Waals surface area contributed by atoms with Gasteiger partial charge in [0.2, 0.25) is 10.0 Å². The maximum atomic E-state index is 12.8. The number of sulfonamides is 1. The largest absolute Gasteiger partial charge is 0.479 e. The molecule has 0 bridgehead atoms. The van der Waals surface area contributed by atoms with Gasteiger partial charge in [0, 0.05) is 5.56 Å². The standard InChI is InChI=1S/C22H22N2O9S/c1-11-15(16(23-33-11)13-5-3-2-4-6-13)12-7-9-14(10-8-12)34(30,31)24-21-19(27)17(25)18(26)20(32-21)22(28)29/h2-10,17-21,24-27H,1H3,(H,28,29)/t17-,18-,19+,20-,21+/m0/s1. The zero-order valence-electron chi connectivity index (χ0n) is 17.8. The molecule has 2 aromatic carbocycles. The lowest BCUT2D eigenvalue weighted by Crippen LogP contribution is -2.64. The van der Waals surface area contributed by atoms with Crippen molar-refractivity contribution < 1.29 is 42.9 Å². The van der Waals surface area contributed by atoms with Gasteiger partial charge >= 0.3 is 5.97 Å². The summed E-state index contributed by atoms with van der Waals surface area (Å²) in [5.74, 6) is -1.08. The molecule has 2 heterocycles. The van der Waals surface area contributed by atoms with Crippen molar-refractivity contribution in [3.05, 3.63) is 60.4 Å². The predicted molar refractivity (Wildman–Crippen MR) is 117 cm³/mol. The fraction of sp³-hybridized carbons (Fsp3) is 0.273. The van der Waals surface area contributed by atoms with Crippen molar-refractivity contribution in [1.29, 1.82) is 0 Å². The van der Waals surface area contributed by atoms with Crippen molar-refractivity contribution >= 4 is 16.0 Å². The van der Waals surface area contributed by atoms with E-state index in [4.69, 9.17) is 14.4 Å². The van der Waals surface area contributed by atoms with Crippen molar-refractivity contribution in [2.75, 3.05) is 0 Å². The fourth-order valence-corrected chi connectivity index (χ4v) is 4.84. The third kappa shape index (κ3) is 4.46. The lowest BCUT2D eigenvalue weighted by molar-refractivity contribution is -0.229. The number of aliphatic carboxylic acids is 1. The van der Waals surface area contributed by atoms with E-state index >= 15 is 0 Å². The number of nitrogens with zero attached hydrogens (tertiary/aromatic N) is 1. The van der Waals surface area contributed by atoms with Crippen molar-refractivity contribution in [2.45, 2.75) is 42.5 Å². The summed E-state index contributed by atoms with van der Waals surface area (Å²) >= 11 is 0. The summed E-state index contributed by atoms with van der Waals surface area (Å²) in [6.07, 6.45) is -9.49. The van der Waals surface area contributed by atoms with E-state index in [1.165, 1.54) is 12.1 Å². The van der Waals surface area contributed by atoms with E-state index in [-0.39, 0.29) is 4.90 Å². The number of carbonyl (C=O) groups is 1. The molecule has 34 heavy (non-hydrogen) atoms. The number of carboxylic acids is 1. The first-order chi connectivity index (χ1) is 16.1. The van der Waals surface area contributed by atoms with Crippen LogP contribution in [0, 0.1) is 6.92 Å². The molecule has 5 N–H and O–H groups in total. The Kier molecular flexibility index (Phi) is 6.53. The number of hydrogen-bond acceptors (Lipinski definition) is 9. The average molecular weight is 490 g/mol. The quantitative estimate of drug-likeness (QED) is 0.326. The van der Waals surface area contributed by atoms with Gasteiger partial charge in [0.25, 0.3) is 0 Å². The number of aryl methyl sites for hydroxylation is 1. The molecule has 0 spiro atoms. The van der Waals surface area contributed by atoms with Crippen molar-refractivity contribution in [3.8, 4) is 22.4 Å². The molecule has 0 saturated carbocycles. The smallest absolute Gasteiger partial charge is 0.335 e. The Bertz CT molecular complexity index is 1280. The van der Waals surface area contributed by atoms with E-state index in [1.807, 2.05) is 35.1 Å². The summed E-state index contributed by atoms with van der Waals surface area (Å²) in [6.45, 7) is 1.74. The number of aliphatic hydroxyl groups excluding tert-OH is 3. The summed E-state index contributed by atoms with van der Waals surface area (Å²) in [5, 5.41) is 43.0. The highest BCUT2D eigenvalue weighted by Gasteiger charge is 2.48. The van der Waals surface area contributed by atoms with Gasteiger partial charge in [-0.25, -0.2) is 13.2 Å². The molecule has 1 fully saturated rings. The number of benzene rings is 2. The first-order valence-electron chi connectivity index (χ1n) is 10.2. The Labute approximate surface area is 194 Å². The zero-order chi connectivity index (χ0) is 24.6. The predicted octanol–water partition coefficient (Wildman–Crippen LogP) is 0.488. The van der Waals surface area contributed by atoms with Crippen LogP contribution in [0.2, 0.25) is 0 Å². The molecule has 1 aliphatic rings. The van der Waals surface area contributed by atoms with Gasteiger partial charge in [-0.05, 0) is 24.6 Å². The number of aliphatic hydroxyl groups is 3. The summed E-state index contributed by atoms with van der Waals surface area (Å²) in [6, 6.07) is 15.1. The van der Waals surface area contributed by atoms with Gasteiger partial charge in [-0.15, -0.1) is 0 Å².